The van der Waals surface area contributed by atoms with Gasteiger partial charge in [-0.15, -0.1) is 0 Å². The van der Waals surface area contributed by atoms with Gasteiger partial charge >= 0.3 is 6.03 Å². The maximum Gasteiger partial charge on any atom is 0.322 e. The smallest absolute Gasteiger partial charge is 0.322 e. The largest absolute Gasteiger partial charge is 0.352 e. The van der Waals surface area contributed by atoms with E-state index in [9.17, 15) is 13.6 Å². The fraction of sp³-hybridized carbons (Fsp3) is 0.400. The number of anilines is 2. The van der Waals surface area contributed by atoms with E-state index in [-0.39, 0.29) is 17.6 Å². The van der Waals surface area contributed by atoms with E-state index in [4.69, 9.17) is 11.6 Å². The van der Waals surface area contributed by atoms with E-state index < -0.39 is 6.43 Å². The van der Waals surface area contributed by atoms with Gasteiger partial charge in [-0.2, -0.15) is 0 Å². The van der Waals surface area contributed by atoms with E-state index in [1.54, 1.807) is 23.2 Å². The number of carbonyl (C=O) groups is 1. The van der Waals surface area contributed by atoms with Crippen LogP contribution in [-0.2, 0) is 0 Å². The highest BCUT2D eigenvalue weighted by atomic mass is 35.5. The number of alkyl halides is 2. The van der Waals surface area contributed by atoms with Crippen molar-refractivity contribution in [1.82, 2.24) is 9.88 Å². The van der Waals surface area contributed by atoms with Crippen LogP contribution in [0.15, 0.2) is 42.6 Å². The molecule has 2 aromatic rings. The summed E-state index contributed by atoms with van der Waals surface area (Å²) < 4.78 is 25.2. The van der Waals surface area contributed by atoms with Crippen molar-refractivity contribution in [2.24, 2.45) is 0 Å². The van der Waals surface area contributed by atoms with E-state index in [2.05, 4.69) is 10.3 Å². The molecule has 0 radical (unpaired) electrons. The highest BCUT2D eigenvalue weighted by Gasteiger charge is 2.28. The molecule has 1 aromatic heterocycles. The van der Waals surface area contributed by atoms with Gasteiger partial charge in [0.15, 0.2) is 0 Å². The standard InChI is InChI=1S/C18H19ClF2N4O.C2H6/c1-12-11-24(17-15(19)3-2-8-22-17)9-10-25(12)18(26)23-14-6-4-13(5-7-14)16(20)21;1-2/h2-8,12,16H,9-11H2,1H3,(H,23,26);1-2H3. The first kappa shape index (κ1) is 21.9. The number of pyridine rings is 1. The van der Waals surface area contributed by atoms with Gasteiger partial charge in [-0.05, 0) is 31.2 Å². The predicted octanol–water partition coefficient (Wildman–Crippen LogP) is 5.44. The van der Waals surface area contributed by atoms with Crippen LogP contribution in [-0.4, -0.2) is 41.6 Å². The van der Waals surface area contributed by atoms with Gasteiger partial charge in [-0.1, -0.05) is 37.6 Å². The predicted molar refractivity (Wildman–Crippen MR) is 109 cm³/mol. The minimum atomic E-state index is -2.52. The highest BCUT2D eigenvalue weighted by Crippen LogP contribution is 2.25. The van der Waals surface area contributed by atoms with E-state index in [0.29, 0.717) is 36.2 Å². The van der Waals surface area contributed by atoms with Crippen molar-refractivity contribution in [3.8, 4) is 0 Å². The number of hydrogen-bond donors (Lipinski definition) is 1. The average Bonchev–Trinajstić information content (AvgIpc) is 2.70. The molecule has 1 N–H and O–H groups in total. The summed E-state index contributed by atoms with van der Waals surface area (Å²) in [4.78, 5) is 20.6. The van der Waals surface area contributed by atoms with Gasteiger partial charge < -0.3 is 15.1 Å². The Bertz CT molecular complexity index is 773. The molecule has 0 aliphatic carbocycles. The van der Waals surface area contributed by atoms with Gasteiger partial charge in [0.25, 0.3) is 6.43 Å². The molecule has 1 unspecified atom stereocenters. The number of amides is 2. The number of piperazine rings is 1. The van der Waals surface area contributed by atoms with Crippen LogP contribution in [0.1, 0.15) is 32.8 Å². The van der Waals surface area contributed by atoms with Gasteiger partial charge in [0.05, 0.1) is 5.02 Å². The van der Waals surface area contributed by atoms with Crippen LogP contribution in [0.25, 0.3) is 0 Å². The summed E-state index contributed by atoms with van der Waals surface area (Å²) in [6, 6.07) is 8.84. The van der Waals surface area contributed by atoms with E-state index >= 15 is 0 Å². The summed E-state index contributed by atoms with van der Waals surface area (Å²) in [7, 11) is 0. The number of hydrogen-bond acceptors (Lipinski definition) is 3. The molecule has 1 aliphatic heterocycles. The Balaban J connectivity index is 0.00000136. The Hall–Kier alpha value is -2.41. The molecule has 1 saturated heterocycles. The fourth-order valence-electron chi connectivity index (χ4n) is 2.97. The van der Waals surface area contributed by atoms with Crippen molar-refractivity contribution in [3.05, 3.63) is 53.2 Å². The summed E-state index contributed by atoms with van der Waals surface area (Å²) in [5.74, 6) is 0.712. The molecule has 1 aliphatic rings. The van der Waals surface area contributed by atoms with Gasteiger partial charge in [0.1, 0.15) is 5.82 Å². The molecule has 0 bridgehead atoms. The topological polar surface area (TPSA) is 48.5 Å². The Labute approximate surface area is 169 Å². The van der Waals surface area contributed by atoms with Crippen molar-refractivity contribution in [2.45, 2.75) is 33.2 Å². The molecule has 28 heavy (non-hydrogen) atoms. The second-order valence-electron chi connectivity index (χ2n) is 6.15. The SMILES string of the molecule is CC.CC1CN(c2ncccc2Cl)CCN1C(=O)Nc1ccc(C(F)F)cc1. The number of benzene rings is 1. The second kappa shape index (κ2) is 10.2. The first-order valence-corrected chi connectivity index (χ1v) is 9.64. The normalized spacial score (nSPS) is 16.5. The molecule has 0 saturated carbocycles. The highest BCUT2D eigenvalue weighted by molar-refractivity contribution is 6.32. The monoisotopic (exact) mass is 410 g/mol. The zero-order chi connectivity index (χ0) is 20.7. The third kappa shape index (κ3) is 5.32. The number of halogens is 3. The first-order valence-electron chi connectivity index (χ1n) is 9.27. The molecule has 1 atom stereocenters. The number of urea groups is 1. The Morgan fingerprint density at radius 3 is 2.46 bits per heavy atom. The van der Waals surface area contributed by atoms with Crippen molar-refractivity contribution in [2.75, 3.05) is 29.9 Å². The van der Waals surface area contributed by atoms with Gasteiger partial charge in [-0.3, -0.25) is 0 Å². The summed E-state index contributed by atoms with van der Waals surface area (Å²) in [6.07, 6.45) is -0.833. The minimum Gasteiger partial charge on any atom is -0.352 e. The summed E-state index contributed by atoms with van der Waals surface area (Å²) in [6.45, 7) is 7.67. The molecule has 2 heterocycles. The summed E-state index contributed by atoms with van der Waals surface area (Å²) in [5.41, 5.74) is 0.416. The van der Waals surface area contributed by atoms with Crippen LogP contribution in [0.3, 0.4) is 0 Å². The van der Waals surface area contributed by atoms with E-state index in [1.807, 2.05) is 25.7 Å². The molecule has 5 nitrogen and oxygen atoms in total. The van der Waals surface area contributed by atoms with Gasteiger partial charge in [0.2, 0.25) is 0 Å². The van der Waals surface area contributed by atoms with Gasteiger partial charge in [-0.25, -0.2) is 18.6 Å². The quantitative estimate of drug-likeness (QED) is 0.732. The molecule has 3 rings (SSSR count). The molecule has 0 spiro atoms. The van der Waals surface area contributed by atoms with Crippen LogP contribution < -0.4 is 10.2 Å². The number of nitrogens with one attached hydrogen (secondary N) is 1. The number of aromatic nitrogens is 1. The lowest BCUT2D eigenvalue weighted by Gasteiger charge is -2.40. The number of rotatable bonds is 3. The average molecular weight is 411 g/mol. The fourth-order valence-corrected chi connectivity index (χ4v) is 3.21. The van der Waals surface area contributed by atoms with Gasteiger partial charge in [0, 0.05) is 43.1 Å². The maximum atomic E-state index is 12.6. The lowest BCUT2D eigenvalue weighted by Crippen LogP contribution is -2.55. The molecule has 8 heteroatoms. The Kier molecular flexibility index (Phi) is 7.99. The Morgan fingerprint density at radius 2 is 1.89 bits per heavy atom. The second-order valence-corrected chi connectivity index (χ2v) is 6.56. The molecule has 152 valence electrons. The van der Waals surface area contributed by atoms with Crippen LogP contribution >= 0.6 is 11.6 Å². The van der Waals surface area contributed by atoms with Crippen LogP contribution in [0.2, 0.25) is 5.02 Å². The third-order valence-corrected chi connectivity index (χ3v) is 4.64. The molecular weight excluding hydrogens is 386 g/mol. The molecular formula is C20H25ClF2N4O. The van der Waals surface area contributed by atoms with Crippen molar-refractivity contribution < 1.29 is 13.6 Å². The summed E-state index contributed by atoms with van der Waals surface area (Å²) in [5, 5.41) is 3.34. The number of nitrogens with zero attached hydrogens (tertiary/aromatic N) is 3. The maximum absolute atomic E-state index is 12.6. The van der Waals surface area contributed by atoms with Crippen LogP contribution in [0.5, 0.6) is 0 Å². The van der Waals surface area contributed by atoms with E-state index in [1.165, 1.54) is 24.3 Å². The number of carbonyl (C=O) groups excluding carboxylic acids is 1. The van der Waals surface area contributed by atoms with Crippen molar-refractivity contribution in [1.29, 1.82) is 0 Å². The summed E-state index contributed by atoms with van der Waals surface area (Å²) >= 11 is 6.20. The minimum absolute atomic E-state index is 0.0536. The third-order valence-electron chi connectivity index (χ3n) is 4.34. The zero-order valence-electron chi connectivity index (χ0n) is 16.2. The molecule has 1 aromatic carbocycles. The first-order chi connectivity index (χ1) is 13.5. The lowest BCUT2D eigenvalue weighted by molar-refractivity contribution is 0.151. The van der Waals surface area contributed by atoms with Crippen molar-refractivity contribution in [3.63, 3.8) is 0 Å². The van der Waals surface area contributed by atoms with Crippen molar-refractivity contribution >= 4 is 29.1 Å². The van der Waals surface area contributed by atoms with Crippen LogP contribution in [0, 0.1) is 0 Å². The Morgan fingerprint density at radius 1 is 1.21 bits per heavy atom. The zero-order valence-corrected chi connectivity index (χ0v) is 17.0. The van der Waals surface area contributed by atoms with Crippen LogP contribution in [0.4, 0.5) is 25.1 Å². The van der Waals surface area contributed by atoms with E-state index in [0.717, 1.165) is 0 Å². The molecule has 1 fully saturated rings. The molecule has 2 amide bonds. The lowest BCUT2D eigenvalue weighted by atomic mass is 10.2.